The number of benzene rings is 6. The molecule has 0 radical (unpaired) electrons. The zero-order valence-electron chi connectivity index (χ0n) is 21.0. The molecule has 182 valence electrons. The largest absolute Gasteiger partial charge is 0.278 e. The minimum atomic E-state index is 0.605. The summed E-state index contributed by atoms with van der Waals surface area (Å²) in [6, 6.07) is 46.3. The number of hydrogen-bond donors (Lipinski definition) is 0. The van der Waals surface area contributed by atoms with Crippen LogP contribution >= 0.6 is 0 Å². The third-order valence-electron chi connectivity index (χ3n) is 7.42. The summed E-state index contributed by atoms with van der Waals surface area (Å²) in [5.41, 5.74) is 4.05. The van der Waals surface area contributed by atoms with Crippen LogP contribution in [0.25, 0.3) is 72.1 Å². The summed E-state index contributed by atoms with van der Waals surface area (Å²) in [4.78, 5) is 15.2. The van der Waals surface area contributed by atoms with Crippen molar-refractivity contribution in [2.75, 3.05) is 0 Å². The highest BCUT2D eigenvalue weighted by molar-refractivity contribution is 6.09. The van der Waals surface area contributed by atoms with E-state index in [1.165, 1.54) is 21.5 Å². The zero-order chi connectivity index (χ0) is 25.8. The van der Waals surface area contributed by atoms with E-state index in [1.807, 2.05) is 0 Å². The van der Waals surface area contributed by atoms with Crippen LogP contribution in [0.3, 0.4) is 0 Å². The fourth-order valence-corrected chi connectivity index (χ4v) is 5.52. The predicted octanol–water partition coefficient (Wildman–Crippen LogP) is 8.61. The molecule has 0 unspecified atom stereocenters. The Morgan fingerprint density at radius 3 is 1.33 bits per heavy atom. The smallest absolute Gasteiger partial charge is 0.238 e. The third-order valence-corrected chi connectivity index (χ3v) is 7.42. The maximum atomic E-state index is 5.08. The molecule has 0 fully saturated rings. The molecule has 6 aromatic carbocycles. The fourth-order valence-electron chi connectivity index (χ4n) is 5.52. The number of nitrogens with zero attached hydrogens (tertiary/aromatic N) is 4. The Morgan fingerprint density at radius 2 is 0.821 bits per heavy atom. The summed E-state index contributed by atoms with van der Waals surface area (Å²) in [6.45, 7) is 0. The molecule has 0 saturated carbocycles. The molecule has 2 aromatic heterocycles. The van der Waals surface area contributed by atoms with Crippen LogP contribution in [-0.2, 0) is 0 Å². The predicted molar refractivity (Wildman–Crippen MR) is 160 cm³/mol. The van der Waals surface area contributed by atoms with Gasteiger partial charge in [0.1, 0.15) is 0 Å². The van der Waals surface area contributed by atoms with Gasteiger partial charge in [-0.15, -0.1) is 0 Å². The van der Waals surface area contributed by atoms with Crippen LogP contribution in [0.2, 0.25) is 0 Å². The molecule has 39 heavy (non-hydrogen) atoms. The van der Waals surface area contributed by atoms with Gasteiger partial charge in [0.05, 0.1) is 11.0 Å². The van der Waals surface area contributed by atoms with Crippen LogP contribution in [0, 0.1) is 0 Å². The van der Waals surface area contributed by atoms with Crippen molar-refractivity contribution in [1.82, 2.24) is 19.5 Å². The molecule has 0 spiro atoms. The monoisotopic (exact) mass is 498 g/mol. The van der Waals surface area contributed by atoms with E-state index in [9.17, 15) is 0 Å². The molecule has 0 saturated heterocycles. The van der Waals surface area contributed by atoms with Crippen molar-refractivity contribution >= 4 is 43.4 Å². The molecule has 0 aliphatic rings. The topological polar surface area (TPSA) is 43.6 Å². The number of hydrogen-bond acceptors (Lipinski definition) is 3. The van der Waals surface area contributed by atoms with Crippen LogP contribution < -0.4 is 0 Å². The van der Waals surface area contributed by atoms with Gasteiger partial charge in [-0.25, -0.2) is 4.98 Å². The molecule has 2 heterocycles. The summed E-state index contributed by atoms with van der Waals surface area (Å²) in [7, 11) is 0. The van der Waals surface area contributed by atoms with Crippen molar-refractivity contribution in [3.05, 3.63) is 133 Å². The molecule has 0 amide bonds. The molecule has 0 N–H and O–H groups in total. The number of aromatic nitrogens is 4. The standard InChI is InChI=1S/C35H22N4/c1-3-11-25-21-27(19-17-23(25)9-1)33-36-34(28-20-18-24-10-2-4-12-26(24)22-28)38-35(37-33)39-31-15-7-5-13-29(31)30-14-6-8-16-32(30)39/h1-22H. The lowest BCUT2D eigenvalue weighted by molar-refractivity contribution is 0.954. The zero-order valence-corrected chi connectivity index (χ0v) is 21.0. The Bertz CT molecular complexity index is 2040. The van der Waals surface area contributed by atoms with Gasteiger partial charge in [0.15, 0.2) is 11.6 Å². The van der Waals surface area contributed by atoms with Crippen LogP contribution in [0.5, 0.6) is 0 Å². The molecular weight excluding hydrogens is 476 g/mol. The molecule has 0 atom stereocenters. The number of para-hydroxylation sites is 2. The molecule has 0 aliphatic carbocycles. The van der Waals surface area contributed by atoms with E-state index in [0.29, 0.717) is 17.6 Å². The Morgan fingerprint density at radius 1 is 0.385 bits per heavy atom. The summed E-state index contributed by atoms with van der Waals surface area (Å²) >= 11 is 0. The first-order valence-corrected chi connectivity index (χ1v) is 13.0. The van der Waals surface area contributed by atoms with Crippen molar-refractivity contribution in [3.8, 4) is 28.7 Å². The molecule has 4 nitrogen and oxygen atoms in total. The van der Waals surface area contributed by atoms with E-state index in [2.05, 4.69) is 138 Å². The Labute approximate surface area is 224 Å². The van der Waals surface area contributed by atoms with Crippen LogP contribution in [-0.4, -0.2) is 19.5 Å². The first kappa shape index (κ1) is 21.7. The highest BCUT2D eigenvalue weighted by Crippen LogP contribution is 2.33. The first-order chi connectivity index (χ1) is 19.3. The van der Waals surface area contributed by atoms with Gasteiger partial charge in [-0.3, -0.25) is 4.57 Å². The second-order valence-electron chi connectivity index (χ2n) is 9.78. The minimum Gasteiger partial charge on any atom is -0.278 e. The maximum Gasteiger partial charge on any atom is 0.238 e. The van der Waals surface area contributed by atoms with Crippen molar-refractivity contribution < 1.29 is 0 Å². The summed E-state index contributed by atoms with van der Waals surface area (Å²) < 4.78 is 2.15. The van der Waals surface area contributed by atoms with E-state index in [-0.39, 0.29) is 0 Å². The molecule has 8 aromatic rings. The highest BCUT2D eigenvalue weighted by Gasteiger charge is 2.17. The van der Waals surface area contributed by atoms with Gasteiger partial charge in [0.25, 0.3) is 0 Å². The van der Waals surface area contributed by atoms with E-state index in [0.717, 1.165) is 32.9 Å². The van der Waals surface area contributed by atoms with Crippen LogP contribution in [0.1, 0.15) is 0 Å². The average molecular weight is 499 g/mol. The molecule has 8 rings (SSSR count). The van der Waals surface area contributed by atoms with Crippen molar-refractivity contribution in [3.63, 3.8) is 0 Å². The second-order valence-corrected chi connectivity index (χ2v) is 9.78. The normalized spacial score (nSPS) is 11.6. The van der Waals surface area contributed by atoms with Crippen molar-refractivity contribution in [2.24, 2.45) is 0 Å². The van der Waals surface area contributed by atoms with Crippen molar-refractivity contribution in [2.45, 2.75) is 0 Å². The Hall–Kier alpha value is -5.35. The lowest BCUT2D eigenvalue weighted by Crippen LogP contribution is -2.06. The quantitative estimate of drug-likeness (QED) is 0.245. The average Bonchev–Trinajstić information content (AvgIpc) is 3.35. The first-order valence-electron chi connectivity index (χ1n) is 13.0. The van der Waals surface area contributed by atoms with Gasteiger partial charge >= 0.3 is 0 Å². The van der Waals surface area contributed by atoms with Crippen LogP contribution in [0.4, 0.5) is 0 Å². The van der Waals surface area contributed by atoms with Gasteiger partial charge in [0.2, 0.25) is 5.95 Å². The van der Waals surface area contributed by atoms with Crippen LogP contribution in [0.15, 0.2) is 133 Å². The molecular formula is C35H22N4. The van der Waals surface area contributed by atoms with E-state index < -0.39 is 0 Å². The van der Waals surface area contributed by atoms with E-state index in [4.69, 9.17) is 15.0 Å². The summed E-state index contributed by atoms with van der Waals surface area (Å²) in [6.07, 6.45) is 0. The van der Waals surface area contributed by atoms with Crippen molar-refractivity contribution in [1.29, 1.82) is 0 Å². The highest BCUT2D eigenvalue weighted by atomic mass is 15.2. The van der Waals surface area contributed by atoms with Gasteiger partial charge < -0.3 is 0 Å². The van der Waals surface area contributed by atoms with Gasteiger partial charge in [-0.1, -0.05) is 109 Å². The van der Waals surface area contributed by atoms with Gasteiger partial charge in [0, 0.05) is 21.9 Å². The van der Waals surface area contributed by atoms with Gasteiger partial charge in [-0.2, -0.15) is 9.97 Å². The number of rotatable bonds is 3. The molecule has 0 bridgehead atoms. The SMILES string of the molecule is c1ccc2cc(-c3nc(-c4ccc5ccccc5c4)nc(-n4c5ccccc5c5ccccc54)n3)ccc2c1. The lowest BCUT2D eigenvalue weighted by Gasteiger charge is -2.11. The fraction of sp³-hybridized carbons (Fsp3) is 0. The second kappa shape index (κ2) is 8.61. The molecule has 0 aliphatic heterocycles. The molecule has 4 heteroatoms. The lowest BCUT2D eigenvalue weighted by atomic mass is 10.1. The Kier molecular flexibility index (Phi) is 4.79. The maximum absolute atomic E-state index is 5.08. The van der Waals surface area contributed by atoms with E-state index in [1.54, 1.807) is 0 Å². The number of fused-ring (bicyclic) bond motifs is 5. The summed E-state index contributed by atoms with van der Waals surface area (Å²) in [5, 5.41) is 7.03. The van der Waals surface area contributed by atoms with Gasteiger partial charge in [-0.05, 0) is 45.8 Å². The minimum absolute atomic E-state index is 0.605. The summed E-state index contributed by atoms with van der Waals surface area (Å²) in [5.74, 6) is 1.90. The van der Waals surface area contributed by atoms with E-state index >= 15 is 0 Å². The third kappa shape index (κ3) is 3.57. The Balaban J connectivity index is 1.43.